The standard InChI is InChI=1S/C38H42N2O6.C19H19NS.C4H4O4/c1-39-15-13-25-20-32(42-4)34-22-28(25)29(39)17-23-7-10-27(11-8-23)45-33-19-24(9-12-31(33)41-3)18-30-36-26(14-16-40(30)2)21-35(43-5)37(44-6)38(36)46-34;1-20-12-10-14(11-13-20)19-15-6-2-4-8-17(15)21-18-9-5-3-7-16(18)19;5-3(6)1-2-4(7)8/h7-12,19-22,29-30H,13-18H2,1-6H3;2-9H,10-13H2,1H3;1-2H,(H,5,6)(H,7,8). The van der Waals surface area contributed by atoms with Gasteiger partial charge in [0.05, 0.1) is 28.4 Å². The van der Waals surface area contributed by atoms with E-state index >= 15 is 0 Å². The number of nitrogens with zero attached hydrogens (tertiary/aromatic N) is 3. The molecule has 0 aliphatic carbocycles. The lowest BCUT2D eigenvalue weighted by Gasteiger charge is -2.37. The van der Waals surface area contributed by atoms with Gasteiger partial charge in [-0.1, -0.05) is 71.9 Å². The molecule has 0 amide bonds. The molecule has 2 N–H and O–H groups in total. The predicted molar refractivity (Wildman–Crippen MR) is 292 cm³/mol. The SMILES string of the molecule is CN1CCC(=C2c3ccccc3Sc3ccccc32)CC1.COc1ccc2cc1Oc1ccc(cc1)CC1c3cc(c(OC)cc3CCN1C)Oc1c(OC)c(OC)cc3c1C(C2)N(C)CC3.O=C(O)C=CC(=O)O. The van der Waals surface area contributed by atoms with Gasteiger partial charge in [0.25, 0.3) is 0 Å². The van der Waals surface area contributed by atoms with Crippen molar-refractivity contribution >= 4 is 29.3 Å². The molecule has 0 spiro atoms. The number of aliphatic carboxylic acids is 2. The van der Waals surface area contributed by atoms with Crippen molar-refractivity contribution in [1.29, 1.82) is 0 Å². The predicted octanol–water partition coefficient (Wildman–Crippen LogP) is 11.6. The van der Waals surface area contributed by atoms with Gasteiger partial charge in [-0.15, -0.1) is 0 Å². The molecule has 0 aromatic heterocycles. The average Bonchev–Trinajstić information content (AvgIpc) is 3.42. The molecule has 2 unspecified atom stereocenters. The third-order valence-electron chi connectivity index (χ3n) is 14.7. The fourth-order valence-electron chi connectivity index (χ4n) is 10.7. The minimum atomic E-state index is -1.26. The monoisotopic (exact) mass is 1030 g/mol. The number of likely N-dealkylation sites (N-methyl/N-ethyl adjacent to an activating group) is 2. The zero-order chi connectivity index (χ0) is 52.8. The fourth-order valence-corrected chi connectivity index (χ4v) is 11.8. The summed E-state index contributed by atoms with van der Waals surface area (Å²) in [4.78, 5) is 29.2. The van der Waals surface area contributed by atoms with Crippen molar-refractivity contribution in [1.82, 2.24) is 14.7 Å². The Morgan fingerprint density at radius 2 is 1.15 bits per heavy atom. The van der Waals surface area contributed by atoms with Crippen LogP contribution in [0.15, 0.2) is 137 Å². The van der Waals surface area contributed by atoms with E-state index in [2.05, 4.69) is 127 Å². The molecular weight excluding hydrogens is 967 g/mol. The van der Waals surface area contributed by atoms with E-state index in [0.717, 1.165) is 55.6 Å². The van der Waals surface area contributed by atoms with Crippen molar-refractivity contribution in [2.45, 2.75) is 60.4 Å². The quantitative estimate of drug-likeness (QED) is 0.153. The van der Waals surface area contributed by atoms with E-state index in [0.29, 0.717) is 52.4 Å². The topological polar surface area (TPSA) is 140 Å². The number of fused-ring (bicyclic) bond motifs is 4. The van der Waals surface area contributed by atoms with Gasteiger partial charge in [0.1, 0.15) is 5.75 Å². The van der Waals surface area contributed by atoms with Crippen molar-refractivity contribution in [2.75, 3.05) is 75.8 Å². The summed E-state index contributed by atoms with van der Waals surface area (Å²) < 4.78 is 37.1. The largest absolute Gasteiger partial charge is 0.493 e. The van der Waals surface area contributed by atoms with Crippen LogP contribution in [0.4, 0.5) is 0 Å². The number of benzene rings is 6. The molecule has 75 heavy (non-hydrogen) atoms. The Hall–Kier alpha value is -7.23. The molecule has 14 heteroatoms. The molecule has 0 saturated carbocycles. The smallest absolute Gasteiger partial charge is 0.328 e. The molecule has 390 valence electrons. The highest BCUT2D eigenvalue weighted by molar-refractivity contribution is 7.99. The van der Waals surface area contributed by atoms with Crippen LogP contribution in [-0.4, -0.2) is 113 Å². The Morgan fingerprint density at radius 3 is 1.76 bits per heavy atom. The molecule has 6 bridgehead atoms. The molecule has 1 saturated heterocycles. The Kier molecular flexibility index (Phi) is 16.5. The lowest BCUT2D eigenvalue weighted by molar-refractivity contribution is -0.134. The summed E-state index contributed by atoms with van der Waals surface area (Å²) >= 11 is 1.91. The Labute approximate surface area is 443 Å². The number of rotatable bonds is 6. The first-order valence-corrected chi connectivity index (χ1v) is 26.1. The highest BCUT2D eigenvalue weighted by Crippen LogP contribution is 2.52. The summed E-state index contributed by atoms with van der Waals surface area (Å²) in [5.74, 6) is 2.90. The molecule has 6 aromatic carbocycles. The molecule has 6 aromatic rings. The third-order valence-corrected chi connectivity index (χ3v) is 15.8. The van der Waals surface area contributed by atoms with E-state index < -0.39 is 11.9 Å². The third kappa shape index (κ3) is 11.7. The van der Waals surface area contributed by atoms with Crippen molar-refractivity contribution in [3.63, 3.8) is 0 Å². The molecular formula is C61H65N3O10S. The van der Waals surface area contributed by atoms with Crippen LogP contribution in [0.25, 0.3) is 5.57 Å². The second-order valence-electron chi connectivity index (χ2n) is 19.3. The summed E-state index contributed by atoms with van der Waals surface area (Å²) in [5, 5.41) is 15.6. The van der Waals surface area contributed by atoms with Gasteiger partial charge in [-0.25, -0.2) is 9.59 Å². The van der Waals surface area contributed by atoms with Gasteiger partial charge >= 0.3 is 11.9 Å². The van der Waals surface area contributed by atoms with Crippen LogP contribution in [-0.2, 0) is 35.3 Å². The number of carboxylic acids is 2. The minimum absolute atomic E-state index is 0.000437. The second-order valence-corrected chi connectivity index (χ2v) is 20.4. The van der Waals surface area contributed by atoms with Crippen molar-refractivity contribution in [3.8, 4) is 46.0 Å². The fraction of sp³-hybridized carbons (Fsp3) is 0.311. The van der Waals surface area contributed by atoms with E-state index in [1.54, 1.807) is 34.0 Å². The van der Waals surface area contributed by atoms with E-state index in [1.165, 1.54) is 74.7 Å². The van der Waals surface area contributed by atoms with Crippen molar-refractivity contribution < 1.29 is 48.2 Å². The van der Waals surface area contributed by atoms with E-state index in [9.17, 15) is 9.59 Å². The van der Waals surface area contributed by atoms with Gasteiger partial charge in [-0.3, -0.25) is 9.80 Å². The van der Waals surface area contributed by atoms with E-state index in [-0.39, 0.29) is 12.1 Å². The molecule has 1 fully saturated rings. The van der Waals surface area contributed by atoms with Crippen molar-refractivity contribution in [2.24, 2.45) is 0 Å². The number of methoxy groups -OCH3 is 4. The lowest BCUT2D eigenvalue weighted by Crippen LogP contribution is -2.34. The summed E-state index contributed by atoms with van der Waals surface area (Å²) in [7, 11) is 13.3. The first-order valence-electron chi connectivity index (χ1n) is 25.3. The number of piperidine rings is 1. The van der Waals surface area contributed by atoms with Crippen molar-refractivity contribution in [3.05, 3.63) is 171 Å². The maximum Gasteiger partial charge on any atom is 0.328 e. The molecule has 6 heterocycles. The Morgan fingerprint density at radius 1 is 0.587 bits per heavy atom. The number of likely N-dealkylation sites (tertiary alicyclic amines) is 1. The van der Waals surface area contributed by atoms with Crippen LogP contribution in [0.5, 0.6) is 46.0 Å². The number of hydrogen-bond acceptors (Lipinski definition) is 12. The minimum Gasteiger partial charge on any atom is -0.493 e. The Bertz CT molecular complexity index is 3060. The molecule has 6 aliphatic heterocycles. The van der Waals surface area contributed by atoms with Crippen LogP contribution < -0.4 is 28.4 Å². The summed E-state index contributed by atoms with van der Waals surface area (Å²) in [5.41, 5.74) is 13.2. The number of hydrogen-bond donors (Lipinski definition) is 2. The summed E-state index contributed by atoms with van der Waals surface area (Å²) in [6, 6.07) is 38.9. The van der Waals surface area contributed by atoms with Crippen LogP contribution in [0.2, 0.25) is 0 Å². The second kappa shape index (κ2) is 23.5. The highest BCUT2D eigenvalue weighted by Gasteiger charge is 2.35. The molecule has 12 rings (SSSR count). The van der Waals surface area contributed by atoms with Gasteiger partial charge in [-0.2, -0.15) is 0 Å². The number of carboxylic acid groups (broad SMARTS) is 2. The molecule has 0 radical (unpaired) electrons. The normalized spacial score (nSPS) is 17.9. The average molecular weight is 1030 g/mol. The van der Waals surface area contributed by atoms with Gasteiger partial charge in [-0.05, 0) is 159 Å². The Balaban J connectivity index is 0.000000194. The summed E-state index contributed by atoms with van der Waals surface area (Å²) in [6.45, 7) is 4.21. The van der Waals surface area contributed by atoms with Crippen LogP contribution in [0, 0.1) is 0 Å². The lowest BCUT2D eigenvalue weighted by atomic mass is 9.87. The summed E-state index contributed by atoms with van der Waals surface area (Å²) in [6.07, 6.45) is 6.88. The zero-order valence-corrected chi connectivity index (χ0v) is 44.5. The molecule has 13 nitrogen and oxygen atoms in total. The number of ether oxygens (including phenoxy) is 6. The maximum atomic E-state index is 9.55. The van der Waals surface area contributed by atoms with Gasteiger partial charge in [0.2, 0.25) is 5.75 Å². The van der Waals surface area contributed by atoms with Gasteiger partial charge in [0.15, 0.2) is 34.5 Å². The number of carbonyl (C=O) groups is 2. The first kappa shape index (κ1) is 52.6. The van der Waals surface area contributed by atoms with Gasteiger partial charge in [0, 0.05) is 65.8 Å². The van der Waals surface area contributed by atoms with Crippen LogP contribution in [0.1, 0.15) is 69.4 Å². The van der Waals surface area contributed by atoms with Crippen LogP contribution >= 0.6 is 11.8 Å². The van der Waals surface area contributed by atoms with Gasteiger partial charge < -0.3 is 43.5 Å². The van der Waals surface area contributed by atoms with E-state index in [1.807, 2.05) is 30.0 Å². The highest BCUT2D eigenvalue weighted by atomic mass is 32.2. The molecule has 6 aliphatic rings. The van der Waals surface area contributed by atoms with E-state index in [4.69, 9.17) is 38.6 Å². The zero-order valence-electron chi connectivity index (χ0n) is 43.7. The first-order chi connectivity index (χ1) is 36.3. The van der Waals surface area contributed by atoms with Crippen LogP contribution in [0.3, 0.4) is 0 Å². The molecule has 2 atom stereocenters. The maximum absolute atomic E-state index is 9.55.